The van der Waals surface area contributed by atoms with E-state index >= 15 is 0 Å². The molecule has 0 atom stereocenters. The van der Waals surface area contributed by atoms with Gasteiger partial charge in [0.15, 0.2) is 7.28 Å². The van der Waals surface area contributed by atoms with Crippen LogP contribution in [-0.4, -0.2) is 11.8 Å². The number of hydrogen-bond acceptors (Lipinski definition) is 1. The molecule has 0 aliphatic carbocycles. The minimum Gasteiger partial charge on any atom is -0.355 e. The van der Waals surface area contributed by atoms with Crippen molar-refractivity contribution in [1.82, 2.24) is 4.57 Å². The monoisotopic (exact) mass is 753 g/mol. The maximum atomic E-state index is 3.95. The van der Waals surface area contributed by atoms with Crippen LogP contribution in [0.2, 0.25) is 0 Å². The zero-order chi connectivity index (χ0) is 39.7. The van der Waals surface area contributed by atoms with Crippen molar-refractivity contribution in [2.24, 2.45) is 0 Å². The van der Waals surface area contributed by atoms with Crippen LogP contribution < -0.4 is 16.2 Å². The van der Waals surface area contributed by atoms with Gasteiger partial charge in [0, 0.05) is 38.6 Å². The van der Waals surface area contributed by atoms with Crippen molar-refractivity contribution in [2.75, 3.05) is 5.32 Å². The van der Waals surface area contributed by atoms with E-state index in [0.29, 0.717) is 0 Å². The highest BCUT2D eigenvalue weighted by Gasteiger charge is 2.28. The van der Waals surface area contributed by atoms with E-state index in [-0.39, 0.29) is 5.41 Å². The molecule has 2 nitrogen and oxygen atoms in total. The summed E-state index contributed by atoms with van der Waals surface area (Å²) in [7, 11) is 2.45. The van der Waals surface area contributed by atoms with E-state index in [0.717, 1.165) is 16.9 Å². The number of aromatic nitrogens is 1. The number of rotatable bonds is 6. The Hall–Kier alpha value is -7.10. The first kappa shape index (κ1) is 35.1. The molecule has 3 heteroatoms. The van der Waals surface area contributed by atoms with Crippen molar-refractivity contribution in [2.45, 2.75) is 26.2 Å². The summed E-state index contributed by atoms with van der Waals surface area (Å²) >= 11 is 0. The highest BCUT2D eigenvalue weighted by molar-refractivity contribution is 6.73. The van der Waals surface area contributed by atoms with Gasteiger partial charge in [-0.05, 0) is 103 Å². The van der Waals surface area contributed by atoms with Crippen LogP contribution in [0.15, 0.2) is 194 Å². The lowest BCUT2D eigenvalue weighted by Crippen LogP contribution is -2.37. The Labute approximate surface area is 346 Å². The predicted molar refractivity (Wildman–Crippen MR) is 253 cm³/mol. The van der Waals surface area contributed by atoms with Crippen LogP contribution in [0.5, 0.6) is 0 Å². The maximum Gasteiger partial charge on any atom is 0.197 e. The second kappa shape index (κ2) is 13.8. The molecule has 1 aliphatic heterocycles. The fourth-order valence-electron chi connectivity index (χ4n) is 9.13. The van der Waals surface area contributed by atoms with Gasteiger partial charge in [-0.3, -0.25) is 0 Å². The van der Waals surface area contributed by atoms with Gasteiger partial charge in [0.2, 0.25) is 0 Å². The molecule has 1 aliphatic rings. The highest BCUT2D eigenvalue weighted by Crippen LogP contribution is 2.42. The molecule has 1 radical (unpaired) electrons. The molecule has 0 bridgehead atoms. The van der Waals surface area contributed by atoms with Crippen LogP contribution in [0.25, 0.3) is 82.8 Å². The third-order valence-electron chi connectivity index (χ3n) is 12.2. The Balaban J connectivity index is 1.20. The van der Waals surface area contributed by atoms with Crippen molar-refractivity contribution >= 4 is 62.2 Å². The van der Waals surface area contributed by atoms with Gasteiger partial charge in [0.05, 0.1) is 11.2 Å². The molecule has 1 N–H and O–H groups in total. The lowest BCUT2D eigenvalue weighted by atomic mass is 9.58. The van der Waals surface area contributed by atoms with Crippen LogP contribution >= 0.6 is 0 Å². The maximum absolute atomic E-state index is 3.95. The molecule has 11 rings (SSSR count). The van der Waals surface area contributed by atoms with Crippen LogP contribution in [0.4, 0.5) is 11.4 Å². The molecule has 279 valence electrons. The van der Waals surface area contributed by atoms with Crippen molar-refractivity contribution in [3.05, 3.63) is 200 Å². The van der Waals surface area contributed by atoms with Crippen LogP contribution in [-0.2, 0) is 5.41 Å². The number of benzene rings is 9. The molecule has 0 spiro atoms. The smallest absolute Gasteiger partial charge is 0.197 e. The van der Waals surface area contributed by atoms with Gasteiger partial charge in [-0.25, -0.2) is 0 Å². The number of fused-ring (bicyclic) bond motifs is 6. The van der Waals surface area contributed by atoms with Crippen molar-refractivity contribution in [1.29, 1.82) is 0 Å². The molecule has 2 heterocycles. The zero-order valence-corrected chi connectivity index (χ0v) is 33.5. The molecule has 9 aromatic carbocycles. The van der Waals surface area contributed by atoms with Gasteiger partial charge in [-0.1, -0.05) is 178 Å². The average Bonchev–Trinajstić information content (AvgIpc) is 3.61. The summed E-state index contributed by atoms with van der Waals surface area (Å²) in [5.74, 6) is 0. The number of anilines is 2. The van der Waals surface area contributed by atoms with Gasteiger partial charge in [0.25, 0.3) is 0 Å². The first-order valence-electron chi connectivity index (χ1n) is 20.6. The summed E-state index contributed by atoms with van der Waals surface area (Å²) in [5, 5.41) is 8.85. The van der Waals surface area contributed by atoms with E-state index < -0.39 is 0 Å². The van der Waals surface area contributed by atoms with Gasteiger partial charge >= 0.3 is 0 Å². The molecule has 10 aromatic rings. The second-order valence-corrected chi connectivity index (χ2v) is 16.9. The van der Waals surface area contributed by atoms with E-state index in [2.05, 4.69) is 232 Å². The summed E-state index contributed by atoms with van der Waals surface area (Å²) in [6, 6.07) is 71.3. The first-order valence-corrected chi connectivity index (χ1v) is 20.6. The second-order valence-electron chi connectivity index (χ2n) is 16.9. The Morgan fingerprint density at radius 3 is 1.75 bits per heavy atom. The molecular weight excluding hydrogens is 711 g/mol. The van der Waals surface area contributed by atoms with Gasteiger partial charge in [0.1, 0.15) is 0 Å². The zero-order valence-electron chi connectivity index (χ0n) is 33.5. The minimum absolute atomic E-state index is 0.0732. The van der Waals surface area contributed by atoms with E-state index in [1.54, 1.807) is 0 Å². The molecule has 1 aromatic heterocycles. The van der Waals surface area contributed by atoms with E-state index in [1.165, 1.54) is 93.7 Å². The van der Waals surface area contributed by atoms with Crippen LogP contribution in [0.3, 0.4) is 0 Å². The fraction of sp³-hybridized carbons (Fsp3) is 0.0714. The van der Waals surface area contributed by atoms with Gasteiger partial charge in [-0.2, -0.15) is 0 Å². The largest absolute Gasteiger partial charge is 0.355 e. The van der Waals surface area contributed by atoms with Crippen molar-refractivity contribution < 1.29 is 0 Å². The molecule has 0 fully saturated rings. The number of nitrogens with one attached hydrogen (secondary N) is 1. The van der Waals surface area contributed by atoms with E-state index in [4.69, 9.17) is 0 Å². The van der Waals surface area contributed by atoms with Crippen molar-refractivity contribution in [3.63, 3.8) is 0 Å². The molecule has 0 unspecified atom stereocenters. The number of nitrogens with zero attached hydrogens (tertiary/aromatic N) is 1. The molecule has 0 saturated carbocycles. The molecule has 59 heavy (non-hydrogen) atoms. The standard InChI is InChI=1S/C56H42BN2/c1-56(2,3)43-25-27-44(28-26-43)58-54-45-22-14-13-21-39(45)23-29-46(54)48-32-42(38-19-11-6-12-20-38)35-52-53(48)57-50-34-41(37-17-9-5-10-18-37)33-49-47-31-40(36-15-7-4-8-16-36)24-30-51(47)59(52)55(49)50/h4-35,58H,1-3H3. The topological polar surface area (TPSA) is 17.0 Å². The first-order chi connectivity index (χ1) is 28.9. The average molecular weight is 754 g/mol. The SMILES string of the molecule is CC(C)(C)c1ccc(Nc2c(-c3cc(-c4ccccc4)cc4c3[B]c3cc(-c5ccccc5)cc5c6cc(-c7ccccc7)ccc6n-4c35)ccc3ccccc23)cc1. The van der Waals surface area contributed by atoms with Crippen LogP contribution in [0.1, 0.15) is 26.3 Å². The third-order valence-corrected chi connectivity index (χ3v) is 12.2. The summed E-state index contributed by atoms with van der Waals surface area (Å²) in [4.78, 5) is 0. The van der Waals surface area contributed by atoms with Gasteiger partial charge < -0.3 is 9.88 Å². The summed E-state index contributed by atoms with van der Waals surface area (Å²) in [5.41, 5.74) is 19.2. The Morgan fingerprint density at radius 1 is 0.458 bits per heavy atom. The van der Waals surface area contributed by atoms with Crippen LogP contribution in [0, 0.1) is 0 Å². The normalized spacial score (nSPS) is 12.1. The Morgan fingerprint density at radius 2 is 1.07 bits per heavy atom. The van der Waals surface area contributed by atoms with E-state index in [1.807, 2.05) is 0 Å². The number of hydrogen-bond donors (Lipinski definition) is 1. The summed E-state index contributed by atoms with van der Waals surface area (Å²) < 4.78 is 2.54. The summed E-state index contributed by atoms with van der Waals surface area (Å²) in [6.07, 6.45) is 0. The minimum atomic E-state index is 0.0732. The van der Waals surface area contributed by atoms with E-state index in [9.17, 15) is 0 Å². The van der Waals surface area contributed by atoms with Crippen molar-refractivity contribution in [3.8, 4) is 50.2 Å². The predicted octanol–water partition coefficient (Wildman–Crippen LogP) is 13.6. The fourth-order valence-corrected chi connectivity index (χ4v) is 9.13. The highest BCUT2D eigenvalue weighted by atomic mass is 15.0. The lowest BCUT2D eigenvalue weighted by molar-refractivity contribution is 0.590. The lowest BCUT2D eigenvalue weighted by Gasteiger charge is -2.26. The molecular formula is C56H42BN2. The quantitative estimate of drug-likeness (QED) is 0.167. The third kappa shape index (κ3) is 6.05. The molecule has 0 saturated heterocycles. The molecule has 0 amide bonds. The Kier molecular flexibility index (Phi) is 8.20. The van der Waals surface area contributed by atoms with Gasteiger partial charge in [-0.15, -0.1) is 0 Å². The summed E-state index contributed by atoms with van der Waals surface area (Å²) in [6.45, 7) is 6.80. The Bertz CT molecular complexity index is 3210.